The molecule has 1 aromatic carbocycles. The van der Waals surface area contributed by atoms with Crippen LogP contribution < -0.4 is 0 Å². The number of oxazole rings is 1. The summed E-state index contributed by atoms with van der Waals surface area (Å²) in [5.74, 6) is 1.03. The number of rotatable bonds is 2. The third kappa shape index (κ3) is 1.52. The zero-order chi connectivity index (χ0) is 11.0. The van der Waals surface area contributed by atoms with Crippen molar-refractivity contribution in [2.24, 2.45) is 0 Å². The normalized spacial score (nSPS) is 11.1. The lowest BCUT2D eigenvalue weighted by Gasteiger charge is -1.92. The van der Waals surface area contributed by atoms with E-state index < -0.39 is 0 Å². The van der Waals surface area contributed by atoms with Crippen LogP contribution in [0, 0.1) is 0 Å². The van der Waals surface area contributed by atoms with Gasteiger partial charge in [-0.15, -0.1) is 22.9 Å². The second kappa shape index (κ2) is 3.92. The molecule has 2 heterocycles. The summed E-state index contributed by atoms with van der Waals surface area (Å²) in [5, 5.41) is 3.24. The van der Waals surface area contributed by atoms with E-state index in [1.54, 1.807) is 17.6 Å². The van der Waals surface area contributed by atoms with Crippen LogP contribution in [-0.2, 0) is 5.88 Å². The van der Waals surface area contributed by atoms with Crippen molar-refractivity contribution < 1.29 is 4.42 Å². The van der Waals surface area contributed by atoms with Gasteiger partial charge in [-0.1, -0.05) is 18.2 Å². The number of fused-ring (bicyclic) bond motifs is 1. The Bertz CT molecular complexity index is 629. The monoisotopic (exact) mass is 249 g/mol. The van der Waals surface area contributed by atoms with Crippen molar-refractivity contribution in [1.82, 2.24) is 4.98 Å². The highest BCUT2D eigenvalue weighted by atomic mass is 35.5. The van der Waals surface area contributed by atoms with Gasteiger partial charge in [-0.25, -0.2) is 4.98 Å². The molecule has 0 spiro atoms. The van der Waals surface area contributed by atoms with E-state index in [0.717, 1.165) is 11.3 Å². The summed E-state index contributed by atoms with van der Waals surface area (Å²) in [6, 6.07) is 8.22. The Hall–Kier alpha value is -1.32. The van der Waals surface area contributed by atoms with E-state index in [1.165, 1.54) is 10.1 Å². The van der Waals surface area contributed by atoms with Crippen LogP contribution in [0.5, 0.6) is 0 Å². The smallest absolute Gasteiger partial charge is 0.227 e. The minimum Gasteiger partial charge on any atom is -0.444 e. The fourth-order valence-corrected chi connectivity index (χ4v) is 2.69. The van der Waals surface area contributed by atoms with Gasteiger partial charge in [-0.05, 0) is 6.07 Å². The summed E-state index contributed by atoms with van der Waals surface area (Å²) in [5.41, 5.74) is 1.81. The van der Waals surface area contributed by atoms with Crippen molar-refractivity contribution >= 4 is 33.0 Å². The fraction of sp³-hybridized carbons (Fsp3) is 0.0833. The third-order valence-electron chi connectivity index (χ3n) is 2.40. The highest BCUT2D eigenvalue weighted by Crippen LogP contribution is 2.33. The largest absolute Gasteiger partial charge is 0.444 e. The van der Waals surface area contributed by atoms with E-state index in [4.69, 9.17) is 16.0 Å². The molecule has 0 unspecified atom stereocenters. The third-order valence-corrected chi connectivity index (χ3v) is 3.64. The van der Waals surface area contributed by atoms with Crippen LogP contribution in [0.2, 0.25) is 0 Å². The van der Waals surface area contributed by atoms with Gasteiger partial charge in [0.1, 0.15) is 6.26 Å². The summed E-state index contributed by atoms with van der Waals surface area (Å²) >= 11 is 7.39. The number of benzene rings is 1. The second-order valence-corrected chi connectivity index (χ2v) is 4.60. The lowest BCUT2D eigenvalue weighted by atomic mass is 10.2. The van der Waals surface area contributed by atoms with E-state index in [-0.39, 0.29) is 0 Å². The first kappa shape index (κ1) is 9.87. The quantitative estimate of drug-likeness (QED) is 0.633. The van der Waals surface area contributed by atoms with Gasteiger partial charge < -0.3 is 4.42 Å². The molecule has 80 valence electrons. The number of aromatic nitrogens is 1. The number of halogens is 1. The molecule has 0 aliphatic heterocycles. The number of thiophene rings is 1. The van der Waals surface area contributed by atoms with Gasteiger partial charge >= 0.3 is 0 Å². The molecule has 3 aromatic rings. The topological polar surface area (TPSA) is 26.0 Å². The maximum Gasteiger partial charge on any atom is 0.227 e. The van der Waals surface area contributed by atoms with Crippen LogP contribution in [0.4, 0.5) is 0 Å². The highest BCUT2D eigenvalue weighted by molar-refractivity contribution is 7.17. The number of alkyl halides is 1. The summed E-state index contributed by atoms with van der Waals surface area (Å²) in [7, 11) is 0. The molecular formula is C12H8ClNOS. The average molecular weight is 250 g/mol. The van der Waals surface area contributed by atoms with E-state index in [2.05, 4.69) is 22.5 Å². The Morgan fingerprint density at radius 1 is 1.31 bits per heavy atom. The number of nitrogens with zero attached hydrogens (tertiary/aromatic N) is 1. The molecule has 2 nitrogen and oxygen atoms in total. The average Bonchev–Trinajstić information content (AvgIpc) is 2.94. The van der Waals surface area contributed by atoms with Gasteiger partial charge in [0.15, 0.2) is 0 Å². The van der Waals surface area contributed by atoms with Crippen LogP contribution in [0.3, 0.4) is 0 Å². The van der Waals surface area contributed by atoms with Crippen molar-refractivity contribution in [3.05, 3.63) is 41.6 Å². The van der Waals surface area contributed by atoms with Crippen molar-refractivity contribution in [2.45, 2.75) is 5.88 Å². The molecule has 2 aromatic heterocycles. The molecule has 0 fully saturated rings. The van der Waals surface area contributed by atoms with Crippen molar-refractivity contribution in [1.29, 1.82) is 0 Å². The summed E-state index contributed by atoms with van der Waals surface area (Å²) in [6.07, 6.45) is 1.61. The first-order valence-corrected chi connectivity index (χ1v) is 6.27. The maximum absolute atomic E-state index is 5.70. The molecule has 0 saturated heterocycles. The molecule has 0 atom stereocenters. The highest BCUT2D eigenvalue weighted by Gasteiger charge is 2.11. The van der Waals surface area contributed by atoms with Crippen LogP contribution in [0.25, 0.3) is 21.5 Å². The standard InChI is InChI=1S/C12H8ClNOS/c13-5-8-6-15-12(14-8)10-7-16-11-4-2-1-3-9(10)11/h1-4,6-7H,5H2. The Balaban J connectivity index is 2.18. The van der Waals surface area contributed by atoms with Gasteiger partial charge in [0.2, 0.25) is 5.89 Å². The fourth-order valence-electron chi connectivity index (χ4n) is 1.64. The Labute approximate surface area is 101 Å². The van der Waals surface area contributed by atoms with Crippen LogP contribution in [0.15, 0.2) is 40.3 Å². The van der Waals surface area contributed by atoms with Crippen LogP contribution in [-0.4, -0.2) is 4.98 Å². The maximum atomic E-state index is 5.70. The molecule has 0 radical (unpaired) electrons. The van der Waals surface area contributed by atoms with Gasteiger partial charge in [-0.3, -0.25) is 0 Å². The van der Waals surface area contributed by atoms with Crippen LogP contribution >= 0.6 is 22.9 Å². The molecule has 0 amide bonds. The number of hydrogen-bond donors (Lipinski definition) is 0. The van der Waals surface area contributed by atoms with Crippen molar-refractivity contribution in [3.8, 4) is 11.5 Å². The van der Waals surface area contributed by atoms with Crippen LogP contribution in [0.1, 0.15) is 5.69 Å². The van der Waals surface area contributed by atoms with E-state index in [9.17, 15) is 0 Å². The molecule has 0 aliphatic carbocycles. The molecule has 0 N–H and O–H groups in total. The zero-order valence-electron chi connectivity index (χ0n) is 8.31. The van der Waals surface area contributed by atoms with Crippen molar-refractivity contribution in [3.63, 3.8) is 0 Å². The second-order valence-electron chi connectivity index (χ2n) is 3.42. The molecule has 0 bridgehead atoms. The van der Waals surface area contributed by atoms with Crippen molar-refractivity contribution in [2.75, 3.05) is 0 Å². The number of hydrogen-bond acceptors (Lipinski definition) is 3. The first-order valence-electron chi connectivity index (χ1n) is 4.85. The first-order chi connectivity index (χ1) is 7.88. The van der Waals surface area contributed by atoms with E-state index in [1.807, 2.05) is 12.1 Å². The minimum atomic E-state index is 0.381. The Morgan fingerprint density at radius 3 is 3.00 bits per heavy atom. The summed E-state index contributed by atoms with van der Waals surface area (Å²) in [6.45, 7) is 0. The van der Waals surface area contributed by atoms with Gasteiger partial charge in [0.25, 0.3) is 0 Å². The predicted octanol–water partition coefficient (Wildman–Crippen LogP) is 4.30. The minimum absolute atomic E-state index is 0.381. The molecule has 0 saturated carbocycles. The van der Waals surface area contributed by atoms with Gasteiger partial charge in [-0.2, -0.15) is 0 Å². The molecule has 3 rings (SSSR count). The van der Waals surface area contributed by atoms with Gasteiger partial charge in [0, 0.05) is 15.5 Å². The Kier molecular flexibility index (Phi) is 2.42. The SMILES string of the molecule is ClCc1coc(-c2csc3ccccc23)n1. The molecule has 0 aliphatic rings. The molecular weight excluding hydrogens is 242 g/mol. The zero-order valence-corrected chi connectivity index (χ0v) is 9.89. The van der Waals surface area contributed by atoms with E-state index in [0.29, 0.717) is 11.8 Å². The lowest BCUT2D eigenvalue weighted by Crippen LogP contribution is -1.78. The van der Waals surface area contributed by atoms with E-state index >= 15 is 0 Å². The van der Waals surface area contributed by atoms with Gasteiger partial charge in [0.05, 0.1) is 17.1 Å². The summed E-state index contributed by atoms with van der Waals surface area (Å²) in [4.78, 5) is 4.33. The Morgan fingerprint density at radius 2 is 2.19 bits per heavy atom. The molecule has 4 heteroatoms. The predicted molar refractivity (Wildman–Crippen MR) is 66.9 cm³/mol. The lowest BCUT2D eigenvalue weighted by molar-refractivity contribution is 0.574. The molecule has 16 heavy (non-hydrogen) atoms. The summed E-state index contributed by atoms with van der Waals surface area (Å²) < 4.78 is 6.66.